The summed E-state index contributed by atoms with van der Waals surface area (Å²) in [5.74, 6) is 0. The minimum Gasteiger partial charge on any atom is -1.00 e. The van der Waals surface area contributed by atoms with Crippen LogP contribution < -0.4 is 4.70 Å². The van der Waals surface area contributed by atoms with Crippen molar-refractivity contribution in [1.29, 1.82) is 0 Å². The van der Waals surface area contributed by atoms with Crippen LogP contribution in [-0.2, 0) is 9.09 Å². The third-order valence-electron chi connectivity index (χ3n) is 1.02. The molecule has 0 radical (unpaired) electrons. The van der Waals surface area contributed by atoms with E-state index in [4.69, 9.17) is 9.79 Å². The van der Waals surface area contributed by atoms with Crippen LogP contribution in [0, 0.1) is 0 Å². The van der Waals surface area contributed by atoms with Gasteiger partial charge >= 0.3 is 7.82 Å². The SMILES string of the molecule is C[N+](C)(C)CCOP(=O)(O)O.[F-]. The molecule has 0 aliphatic heterocycles. The van der Waals surface area contributed by atoms with Crippen LogP contribution in [0.25, 0.3) is 0 Å². The summed E-state index contributed by atoms with van der Waals surface area (Å²) >= 11 is 0. The third-order valence-corrected chi connectivity index (χ3v) is 1.54. The molecule has 76 valence electrons. The molecule has 7 heteroatoms. The molecule has 0 aliphatic rings. The highest BCUT2D eigenvalue weighted by atomic mass is 31.2. The Morgan fingerprint density at radius 1 is 1.33 bits per heavy atom. The summed E-state index contributed by atoms with van der Waals surface area (Å²) in [6.07, 6.45) is 0. The van der Waals surface area contributed by atoms with Crippen LogP contribution in [0.1, 0.15) is 0 Å². The standard InChI is InChI=1S/C5H14NO4P.FH/c1-6(2,3)4-5-10-11(7,8)9;/h4-5H2,1-3H3,(H-,7,8,9);1H. The zero-order valence-corrected chi connectivity index (χ0v) is 8.29. The molecule has 0 saturated carbocycles. The third kappa shape index (κ3) is 12.7. The molecule has 0 spiro atoms. The monoisotopic (exact) mass is 203 g/mol. The van der Waals surface area contributed by atoms with E-state index in [1.807, 2.05) is 21.1 Å². The quantitative estimate of drug-likeness (QED) is 0.373. The summed E-state index contributed by atoms with van der Waals surface area (Å²) < 4.78 is 15.1. The van der Waals surface area contributed by atoms with Gasteiger partial charge in [0.05, 0.1) is 21.1 Å². The van der Waals surface area contributed by atoms with E-state index in [2.05, 4.69) is 4.52 Å². The fourth-order valence-electron chi connectivity index (χ4n) is 0.434. The molecule has 0 heterocycles. The van der Waals surface area contributed by atoms with Gasteiger partial charge in [-0.2, -0.15) is 0 Å². The maximum absolute atomic E-state index is 10.2. The highest BCUT2D eigenvalue weighted by molar-refractivity contribution is 7.46. The number of likely N-dealkylation sites (N-methyl/N-ethyl adjacent to an activating group) is 1. The lowest BCUT2D eigenvalue weighted by Gasteiger charge is -2.23. The highest BCUT2D eigenvalue weighted by Crippen LogP contribution is 2.35. The Bertz CT molecular complexity index is 163. The molecule has 0 amide bonds. The van der Waals surface area contributed by atoms with E-state index in [-0.39, 0.29) is 11.3 Å². The van der Waals surface area contributed by atoms with Gasteiger partial charge in [-0.3, -0.25) is 4.52 Å². The number of hydrogen-bond acceptors (Lipinski definition) is 2. The molecule has 5 nitrogen and oxygen atoms in total. The first-order valence-electron chi connectivity index (χ1n) is 3.21. The molecule has 0 aliphatic carbocycles. The van der Waals surface area contributed by atoms with Crippen molar-refractivity contribution in [2.24, 2.45) is 0 Å². The first-order chi connectivity index (χ1) is 4.71. The Morgan fingerprint density at radius 2 is 1.75 bits per heavy atom. The summed E-state index contributed by atoms with van der Waals surface area (Å²) in [4.78, 5) is 16.6. The molecule has 0 rings (SSSR count). The summed E-state index contributed by atoms with van der Waals surface area (Å²) in [5, 5.41) is 0. The second-order valence-electron chi connectivity index (χ2n) is 3.34. The lowest BCUT2D eigenvalue weighted by molar-refractivity contribution is -0.870. The van der Waals surface area contributed by atoms with E-state index in [0.29, 0.717) is 11.0 Å². The predicted octanol–water partition coefficient (Wildman–Crippen LogP) is -3.19. The zero-order chi connectivity index (χ0) is 9.12. The molecule has 0 atom stereocenters. The number of phosphoric ester groups is 1. The van der Waals surface area contributed by atoms with Gasteiger partial charge in [0.15, 0.2) is 0 Å². The van der Waals surface area contributed by atoms with Crippen LogP contribution in [0.3, 0.4) is 0 Å². The summed E-state index contributed by atoms with van der Waals surface area (Å²) in [5.41, 5.74) is 0. The molecule has 0 saturated heterocycles. The Hall–Kier alpha value is -0.0000000000000000555. The van der Waals surface area contributed by atoms with E-state index >= 15 is 0 Å². The van der Waals surface area contributed by atoms with Crippen molar-refractivity contribution in [1.82, 2.24) is 0 Å². The van der Waals surface area contributed by atoms with Gasteiger partial charge in [0, 0.05) is 0 Å². The first-order valence-corrected chi connectivity index (χ1v) is 4.74. The van der Waals surface area contributed by atoms with Gasteiger partial charge in [0.2, 0.25) is 0 Å². The van der Waals surface area contributed by atoms with Gasteiger partial charge in [0.25, 0.3) is 0 Å². The maximum atomic E-state index is 10.2. The van der Waals surface area contributed by atoms with E-state index < -0.39 is 7.82 Å². The first kappa shape index (κ1) is 14.5. The number of phosphoric acid groups is 1. The lowest BCUT2D eigenvalue weighted by atomic mass is 10.5. The van der Waals surface area contributed by atoms with Gasteiger partial charge in [-0.25, -0.2) is 4.57 Å². The average molecular weight is 203 g/mol. The highest BCUT2D eigenvalue weighted by Gasteiger charge is 2.15. The van der Waals surface area contributed by atoms with E-state index in [1.165, 1.54) is 0 Å². The fourth-order valence-corrected chi connectivity index (χ4v) is 0.753. The molecule has 0 aromatic heterocycles. The molecule has 0 unspecified atom stereocenters. The van der Waals surface area contributed by atoms with Crippen molar-refractivity contribution in [3.8, 4) is 0 Å². The molecule has 0 aromatic rings. The Labute approximate surface area is 71.1 Å². The molecule has 0 aromatic carbocycles. The summed E-state index contributed by atoms with van der Waals surface area (Å²) in [7, 11) is 1.50. The number of hydrogen-bond donors (Lipinski definition) is 2. The summed E-state index contributed by atoms with van der Waals surface area (Å²) in [6.45, 7) is 0.652. The van der Waals surface area contributed by atoms with Crippen LogP contribution in [0.5, 0.6) is 0 Å². The fraction of sp³-hybridized carbons (Fsp3) is 1.00. The van der Waals surface area contributed by atoms with Crippen LogP contribution >= 0.6 is 7.82 Å². The Kier molecular flexibility index (Phi) is 5.92. The normalized spacial score (nSPS) is 12.4. The van der Waals surface area contributed by atoms with Crippen molar-refractivity contribution in [3.63, 3.8) is 0 Å². The van der Waals surface area contributed by atoms with Crippen molar-refractivity contribution in [3.05, 3.63) is 0 Å². The average Bonchev–Trinajstić information content (AvgIpc) is 1.55. The second kappa shape index (κ2) is 4.89. The minimum absolute atomic E-state index is 0. The zero-order valence-electron chi connectivity index (χ0n) is 7.40. The van der Waals surface area contributed by atoms with Crippen LogP contribution in [0.15, 0.2) is 0 Å². The maximum Gasteiger partial charge on any atom is 0.469 e. The van der Waals surface area contributed by atoms with Gasteiger partial charge in [-0.15, -0.1) is 0 Å². The topological polar surface area (TPSA) is 66.8 Å². The van der Waals surface area contributed by atoms with Crippen molar-refractivity contribution >= 4 is 7.82 Å². The summed E-state index contributed by atoms with van der Waals surface area (Å²) in [6, 6.07) is 0. The van der Waals surface area contributed by atoms with Crippen LogP contribution in [-0.4, -0.2) is 48.6 Å². The molecule has 2 N–H and O–H groups in total. The molecule has 0 fully saturated rings. The number of rotatable bonds is 4. The van der Waals surface area contributed by atoms with Crippen LogP contribution in [0.4, 0.5) is 0 Å². The van der Waals surface area contributed by atoms with E-state index in [1.54, 1.807) is 0 Å². The molecule has 12 heavy (non-hydrogen) atoms. The number of quaternary nitrogens is 1. The molecular formula is C5H15FNO4P. The van der Waals surface area contributed by atoms with Gasteiger partial charge < -0.3 is 19.0 Å². The number of halogens is 1. The van der Waals surface area contributed by atoms with E-state index in [9.17, 15) is 4.57 Å². The Balaban J connectivity index is 0. The number of nitrogens with zero attached hydrogens (tertiary/aromatic N) is 1. The van der Waals surface area contributed by atoms with Gasteiger partial charge in [0.1, 0.15) is 13.2 Å². The van der Waals surface area contributed by atoms with Gasteiger partial charge in [-0.05, 0) is 0 Å². The van der Waals surface area contributed by atoms with E-state index in [0.717, 1.165) is 0 Å². The smallest absolute Gasteiger partial charge is 0.469 e. The second-order valence-corrected chi connectivity index (χ2v) is 4.58. The molecular weight excluding hydrogens is 188 g/mol. The minimum atomic E-state index is -4.26. The largest absolute Gasteiger partial charge is 1.00 e. The molecule has 0 bridgehead atoms. The van der Waals surface area contributed by atoms with Crippen molar-refractivity contribution in [2.75, 3.05) is 34.3 Å². The van der Waals surface area contributed by atoms with Crippen molar-refractivity contribution in [2.45, 2.75) is 0 Å². The van der Waals surface area contributed by atoms with Crippen molar-refractivity contribution < 1.29 is 28.1 Å². The van der Waals surface area contributed by atoms with Crippen LogP contribution in [0.2, 0.25) is 0 Å². The van der Waals surface area contributed by atoms with Gasteiger partial charge in [-0.1, -0.05) is 0 Å². The lowest BCUT2D eigenvalue weighted by Crippen LogP contribution is -3.00. The Morgan fingerprint density at radius 3 is 2.00 bits per heavy atom. The predicted molar refractivity (Wildman–Crippen MR) is 40.9 cm³/mol.